The van der Waals surface area contributed by atoms with Crippen molar-refractivity contribution in [2.24, 2.45) is 0 Å². The van der Waals surface area contributed by atoms with Gasteiger partial charge < -0.3 is 0 Å². The summed E-state index contributed by atoms with van der Waals surface area (Å²) in [6, 6.07) is 63.1. The largest absolute Gasteiger partial charge is 0.135 e. The first-order chi connectivity index (χ1) is 24.8. The molecule has 9 aromatic carbocycles. The van der Waals surface area contributed by atoms with Crippen molar-refractivity contribution in [3.63, 3.8) is 0 Å². The molecule has 0 radical (unpaired) electrons. The molecule has 0 N–H and O–H groups in total. The first kappa shape index (κ1) is 28.1. The molecule has 0 saturated carbocycles. The summed E-state index contributed by atoms with van der Waals surface area (Å²) in [4.78, 5) is 0. The monoisotopic (exact) mass is 668 g/mol. The molecule has 0 atom stereocenters. The quantitative estimate of drug-likeness (QED) is 0.164. The van der Waals surface area contributed by atoms with Gasteiger partial charge in [0.1, 0.15) is 0 Å². The van der Waals surface area contributed by atoms with Gasteiger partial charge in [0.25, 0.3) is 0 Å². The second-order valence-electron chi connectivity index (χ2n) is 13.2. The molecular weight excluding hydrogens is 641 g/mol. The van der Waals surface area contributed by atoms with Gasteiger partial charge in [-0.1, -0.05) is 127 Å². The van der Waals surface area contributed by atoms with E-state index in [2.05, 4.69) is 170 Å². The molecule has 0 nitrogen and oxygen atoms in total. The van der Waals surface area contributed by atoms with Crippen LogP contribution in [0.25, 0.3) is 106 Å². The summed E-state index contributed by atoms with van der Waals surface area (Å²) in [6.45, 7) is 0. The zero-order valence-corrected chi connectivity index (χ0v) is 28.6. The Labute approximate surface area is 297 Å². The maximum absolute atomic E-state index is 2.45. The number of rotatable bonds is 3. The van der Waals surface area contributed by atoms with Gasteiger partial charge in [-0.05, 0) is 108 Å². The SMILES string of the molecule is c1ccc(-c2c3ccccc3c(-c3cccc(-c4ccc5sc6ccc7cc8sc9ccccc9c8cc7c6c5c4)c3)c3ccccc23)cc1. The molecule has 232 valence electrons. The third-order valence-corrected chi connectivity index (χ3v) is 12.7. The van der Waals surface area contributed by atoms with Gasteiger partial charge in [-0.15, -0.1) is 22.7 Å². The van der Waals surface area contributed by atoms with Crippen molar-refractivity contribution in [1.82, 2.24) is 0 Å². The molecule has 0 aliphatic rings. The van der Waals surface area contributed by atoms with Gasteiger partial charge in [0, 0.05) is 40.3 Å². The first-order valence-electron chi connectivity index (χ1n) is 17.1. The van der Waals surface area contributed by atoms with Crippen LogP contribution in [0.15, 0.2) is 170 Å². The summed E-state index contributed by atoms with van der Waals surface area (Å²) in [5.41, 5.74) is 7.55. The minimum absolute atomic E-state index is 1.23. The van der Waals surface area contributed by atoms with Crippen LogP contribution < -0.4 is 0 Å². The molecule has 2 heterocycles. The molecule has 0 amide bonds. The highest BCUT2D eigenvalue weighted by atomic mass is 32.1. The van der Waals surface area contributed by atoms with Gasteiger partial charge >= 0.3 is 0 Å². The van der Waals surface area contributed by atoms with Crippen LogP contribution >= 0.6 is 22.7 Å². The Bertz CT molecular complexity index is 3080. The summed E-state index contributed by atoms with van der Waals surface area (Å²) in [5.74, 6) is 0. The second kappa shape index (κ2) is 10.9. The van der Waals surface area contributed by atoms with Crippen molar-refractivity contribution in [2.75, 3.05) is 0 Å². The number of thiophene rings is 2. The van der Waals surface area contributed by atoms with Crippen molar-refractivity contribution in [3.8, 4) is 33.4 Å². The van der Waals surface area contributed by atoms with Crippen LogP contribution in [0, 0.1) is 0 Å². The molecule has 0 bridgehead atoms. The van der Waals surface area contributed by atoms with Crippen LogP contribution in [0.4, 0.5) is 0 Å². The fourth-order valence-corrected chi connectivity index (χ4v) is 10.4. The van der Waals surface area contributed by atoms with Crippen molar-refractivity contribution in [2.45, 2.75) is 0 Å². The Hall–Kier alpha value is -5.80. The van der Waals surface area contributed by atoms with Gasteiger partial charge in [-0.25, -0.2) is 0 Å². The first-order valence-corrected chi connectivity index (χ1v) is 18.7. The number of benzene rings is 9. The summed E-state index contributed by atoms with van der Waals surface area (Å²) < 4.78 is 5.37. The van der Waals surface area contributed by atoms with Gasteiger partial charge in [0.2, 0.25) is 0 Å². The van der Waals surface area contributed by atoms with E-state index in [0.717, 1.165) is 0 Å². The number of hydrogen-bond acceptors (Lipinski definition) is 2. The normalized spacial score (nSPS) is 12.0. The fourth-order valence-electron chi connectivity index (χ4n) is 8.21. The average molecular weight is 669 g/mol. The molecule has 11 aromatic rings. The minimum atomic E-state index is 1.23. The van der Waals surface area contributed by atoms with Gasteiger partial charge in [-0.3, -0.25) is 0 Å². The summed E-state index contributed by atoms with van der Waals surface area (Å²) in [5, 5.41) is 13.2. The van der Waals surface area contributed by atoms with Crippen LogP contribution in [0.5, 0.6) is 0 Å². The molecule has 2 heteroatoms. The van der Waals surface area contributed by atoms with Crippen molar-refractivity contribution in [1.29, 1.82) is 0 Å². The highest BCUT2D eigenvalue weighted by Crippen LogP contribution is 2.46. The van der Waals surface area contributed by atoms with Gasteiger partial charge in [0.05, 0.1) is 0 Å². The van der Waals surface area contributed by atoms with E-state index in [0.29, 0.717) is 0 Å². The molecule has 0 aliphatic heterocycles. The third-order valence-electron chi connectivity index (χ3n) is 10.4. The number of fused-ring (bicyclic) bond motifs is 10. The van der Waals surface area contributed by atoms with E-state index in [1.807, 2.05) is 22.7 Å². The van der Waals surface area contributed by atoms with E-state index < -0.39 is 0 Å². The lowest BCUT2D eigenvalue weighted by molar-refractivity contribution is 1.63. The summed E-state index contributed by atoms with van der Waals surface area (Å²) >= 11 is 3.79. The van der Waals surface area contributed by atoms with Crippen LogP contribution in [0.1, 0.15) is 0 Å². The predicted molar refractivity (Wildman–Crippen MR) is 221 cm³/mol. The average Bonchev–Trinajstić information content (AvgIpc) is 3.74. The van der Waals surface area contributed by atoms with Gasteiger partial charge in [-0.2, -0.15) is 0 Å². The fraction of sp³-hybridized carbons (Fsp3) is 0. The zero-order chi connectivity index (χ0) is 32.8. The predicted octanol–water partition coefficient (Wildman–Crippen LogP) is 14.9. The van der Waals surface area contributed by atoms with E-state index >= 15 is 0 Å². The van der Waals surface area contributed by atoms with Crippen molar-refractivity contribution < 1.29 is 0 Å². The van der Waals surface area contributed by atoms with E-state index in [9.17, 15) is 0 Å². The lowest BCUT2D eigenvalue weighted by Gasteiger charge is -2.18. The standard InChI is InChI=1S/C48H28S2/c1-2-11-29(12-3-1)46-35-16-4-6-18-37(35)47(38-19-7-5-17-36(38)46)33-14-10-13-30(25-33)31-21-23-43-41(26-31)48-39-28-40-34-15-8-9-20-42(34)50-45(40)27-32(39)22-24-44(48)49-43/h1-28H. The molecule has 0 fully saturated rings. The zero-order valence-electron chi connectivity index (χ0n) is 27.0. The molecule has 11 rings (SSSR count). The van der Waals surface area contributed by atoms with Crippen molar-refractivity contribution >= 4 is 95.3 Å². The Kier molecular flexibility index (Phi) is 6.09. The highest BCUT2D eigenvalue weighted by Gasteiger charge is 2.18. The lowest BCUT2D eigenvalue weighted by Crippen LogP contribution is -1.91. The molecule has 0 saturated heterocycles. The number of hydrogen-bond donors (Lipinski definition) is 0. The molecule has 50 heavy (non-hydrogen) atoms. The Balaban J connectivity index is 1.13. The van der Waals surface area contributed by atoms with E-state index in [1.165, 1.54) is 106 Å². The van der Waals surface area contributed by atoms with Crippen molar-refractivity contribution in [3.05, 3.63) is 170 Å². The minimum Gasteiger partial charge on any atom is -0.135 e. The smallest absolute Gasteiger partial charge is 0.0361 e. The van der Waals surface area contributed by atoms with Gasteiger partial charge in [0.15, 0.2) is 0 Å². The maximum atomic E-state index is 2.45. The Morgan fingerprint density at radius 1 is 0.260 bits per heavy atom. The van der Waals surface area contributed by atoms with E-state index in [4.69, 9.17) is 0 Å². The Morgan fingerprint density at radius 2 is 0.820 bits per heavy atom. The van der Waals surface area contributed by atoms with Crippen LogP contribution in [-0.2, 0) is 0 Å². The Morgan fingerprint density at radius 3 is 1.58 bits per heavy atom. The molecular formula is C48H28S2. The molecule has 0 unspecified atom stereocenters. The summed E-state index contributed by atoms with van der Waals surface area (Å²) in [7, 11) is 0. The summed E-state index contributed by atoms with van der Waals surface area (Å²) in [6.07, 6.45) is 0. The second-order valence-corrected chi connectivity index (χ2v) is 15.4. The van der Waals surface area contributed by atoms with E-state index in [-0.39, 0.29) is 0 Å². The molecule has 2 aromatic heterocycles. The third kappa shape index (κ3) is 4.16. The maximum Gasteiger partial charge on any atom is 0.0361 e. The lowest BCUT2D eigenvalue weighted by atomic mass is 9.85. The van der Waals surface area contributed by atoms with Crippen LogP contribution in [-0.4, -0.2) is 0 Å². The molecule has 0 spiro atoms. The molecule has 0 aliphatic carbocycles. The van der Waals surface area contributed by atoms with Crippen LogP contribution in [0.3, 0.4) is 0 Å². The van der Waals surface area contributed by atoms with Crippen LogP contribution in [0.2, 0.25) is 0 Å². The van der Waals surface area contributed by atoms with E-state index in [1.54, 1.807) is 0 Å². The highest BCUT2D eigenvalue weighted by molar-refractivity contribution is 7.26. The topological polar surface area (TPSA) is 0 Å².